The predicted molar refractivity (Wildman–Crippen MR) is 71.2 cm³/mol. The Labute approximate surface area is 121 Å². The van der Waals surface area contributed by atoms with E-state index in [-0.39, 0.29) is 5.92 Å². The molecule has 21 heavy (non-hydrogen) atoms. The van der Waals surface area contributed by atoms with Gasteiger partial charge in [0.15, 0.2) is 0 Å². The number of hydrogen-bond acceptors (Lipinski definition) is 3. The molecule has 2 atom stereocenters. The van der Waals surface area contributed by atoms with E-state index in [1.165, 1.54) is 4.68 Å². The Morgan fingerprint density at radius 2 is 2.33 bits per heavy atom. The maximum atomic E-state index is 12.5. The van der Waals surface area contributed by atoms with Gasteiger partial charge in [-0.15, -0.1) is 0 Å². The topological polar surface area (TPSA) is 53.6 Å². The third kappa shape index (κ3) is 3.38. The quantitative estimate of drug-likeness (QED) is 0.909. The van der Waals surface area contributed by atoms with Crippen LogP contribution in [0.4, 0.5) is 13.2 Å². The Hall–Kier alpha value is -1.55. The smallest absolute Gasteiger partial charge is 0.299 e. The second kappa shape index (κ2) is 6.06. The van der Waals surface area contributed by atoms with Crippen LogP contribution in [0.25, 0.3) is 0 Å². The summed E-state index contributed by atoms with van der Waals surface area (Å²) in [5.41, 5.74) is -1.26. The van der Waals surface area contributed by atoms with E-state index in [4.69, 9.17) is 0 Å². The number of alkyl halides is 3. The largest absolute Gasteiger partial charge is 0.419 e. The van der Waals surface area contributed by atoms with Crippen LogP contribution in [-0.2, 0) is 12.7 Å². The van der Waals surface area contributed by atoms with Crippen molar-refractivity contribution in [1.82, 2.24) is 15.1 Å². The van der Waals surface area contributed by atoms with Crippen molar-refractivity contribution >= 4 is 0 Å². The molecule has 1 fully saturated rings. The Morgan fingerprint density at radius 1 is 1.57 bits per heavy atom. The van der Waals surface area contributed by atoms with E-state index in [1.54, 1.807) is 0 Å². The molecule has 0 aliphatic heterocycles. The van der Waals surface area contributed by atoms with Crippen LogP contribution in [0.15, 0.2) is 12.4 Å². The lowest BCUT2D eigenvalue weighted by Gasteiger charge is -2.29. The standard InChI is InChI=1S/C14H19F3N4/c1-2-19-13(10-18)6-3-4-11(13)5-7-21-9-12(8-20-21)14(15,16)17/h8-9,11,19H,2-7H2,1H3. The summed E-state index contributed by atoms with van der Waals surface area (Å²) in [5.74, 6) is 0.154. The summed E-state index contributed by atoms with van der Waals surface area (Å²) in [5, 5.41) is 16.5. The molecule has 1 saturated carbocycles. The summed E-state index contributed by atoms with van der Waals surface area (Å²) in [6.07, 6.45) is 0.860. The molecule has 0 bridgehead atoms. The van der Waals surface area contributed by atoms with Crippen molar-refractivity contribution in [2.75, 3.05) is 6.54 Å². The molecule has 4 nitrogen and oxygen atoms in total. The maximum absolute atomic E-state index is 12.5. The number of rotatable bonds is 5. The first-order chi connectivity index (χ1) is 9.91. The molecule has 0 amide bonds. The molecule has 1 heterocycles. The van der Waals surface area contributed by atoms with E-state index >= 15 is 0 Å². The van der Waals surface area contributed by atoms with E-state index in [0.717, 1.165) is 31.7 Å². The average Bonchev–Trinajstić information content (AvgIpc) is 3.03. The molecule has 116 valence electrons. The third-order valence-corrected chi connectivity index (χ3v) is 4.18. The zero-order valence-corrected chi connectivity index (χ0v) is 12.0. The van der Waals surface area contributed by atoms with Gasteiger partial charge >= 0.3 is 6.18 Å². The summed E-state index contributed by atoms with van der Waals surface area (Å²) in [6.45, 7) is 3.07. The number of halogens is 3. The van der Waals surface area contributed by atoms with Crippen molar-refractivity contribution in [3.8, 4) is 6.07 Å². The molecular formula is C14H19F3N4. The van der Waals surface area contributed by atoms with Gasteiger partial charge in [-0.05, 0) is 31.7 Å². The molecule has 0 aromatic carbocycles. The highest BCUT2D eigenvalue weighted by molar-refractivity contribution is 5.14. The molecular weight excluding hydrogens is 281 g/mol. The molecule has 1 N–H and O–H groups in total. The average molecular weight is 300 g/mol. The second-order valence-corrected chi connectivity index (χ2v) is 5.48. The fourth-order valence-corrected chi connectivity index (χ4v) is 3.12. The molecule has 1 aliphatic carbocycles. The summed E-state index contributed by atoms with van der Waals surface area (Å²) < 4.78 is 38.9. The van der Waals surface area contributed by atoms with E-state index in [9.17, 15) is 18.4 Å². The van der Waals surface area contributed by atoms with Crippen LogP contribution >= 0.6 is 0 Å². The van der Waals surface area contributed by atoms with Gasteiger partial charge in [0, 0.05) is 12.7 Å². The first kappa shape index (κ1) is 15.8. The minimum atomic E-state index is -4.36. The van der Waals surface area contributed by atoms with Crippen LogP contribution in [0.3, 0.4) is 0 Å². The lowest BCUT2D eigenvalue weighted by atomic mass is 9.86. The Balaban J connectivity index is 1.99. The van der Waals surface area contributed by atoms with Crippen LogP contribution in [0.5, 0.6) is 0 Å². The summed E-state index contributed by atoms with van der Waals surface area (Å²) >= 11 is 0. The Bertz CT molecular complexity index is 517. The molecule has 1 aromatic heterocycles. The van der Waals surface area contributed by atoms with Crippen molar-refractivity contribution in [3.63, 3.8) is 0 Å². The number of nitriles is 1. The van der Waals surface area contributed by atoms with Crippen LogP contribution < -0.4 is 5.32 Å². The van der Waals surface area contributed by atoms with Gasteiger partial charge in [0.05, 0.1) is 17.8 Å². The highest BCUT2D eigenvalue weighted by Crippen LogP contribution is 2.38. The zero-order chi connectivity index (χ0) is 15.5. The van der Waals surface area contributed by atoms with Gasteiger partial charge in [-0.1, -0.05) is 13.3 Å². The molecule has 0 radical (unpaired) electrons. The lowest BCUT2D eigenvalue weighted by Crippen LogP contribution is -2.47. The number of hydrogen-bond donors (Lipinski definition) is 1. The minimum Gasteiger partial charge on any atom is -0.299 e. The third-order valence-electron chi connectivity index (χ3n) is 4.18. The van der Waals surface area contributed by atoms with Crippen LogP contribution in [0.1, 0.15) is 38.2 Å². The van der Waals surface area contributed by atoms with Crippen LogP contribution in [0, 0.1) is 17.2 Å². The van der Waals surface area contributed by atoms with E-state index in [1.807, 2.05) is 6.92 Å². The summed E-state index contributed by atoms with van der Waals surface area (Å²) in [4.78, 5) is 0. The van der Waals surface area contributed by atoms with Gasteiger partial charge in [-0.3, -0.25) is 10.00 Å². The number of nitrogens with zero attached hydrogens (tertiary/aromatic N) is 3. The van der Waals surface area contributed by atoms with Crippen molar-refractivity contribution in [2.24, 2.45) is 5.92 Å². The zero-order valence-electron chi connectivity index (χ0n) is 12.0. The monoisotopic (exact) mass is 300 g/mol. The fraction of sp³-hybridized carbons (Fsp3) is 0.714. The van der Waals surface area contributed by atoms with E-state index < -0.39 is 17.3 Å². The van der Waals surface area contributed by atoms with Gasteiger partial charge in [-0.2, -0.15) is 23.5 Å². The van der Waals surface area contributed by atoms with Gasteiger partial charge in [-0.25, -0.2) is 0 Å². The van der Waals surface area contributed by atoms with E-state index in [2.05, 4.69) is 16.5 Å². The van der Waals surface area contributed by atoms with Crippen molar-refractivity contribution in [1.29, 1.82) is 5.26 Å². The van der Waals surface area contributed by atoms with Crippen LogP contribution in [-0.4, -0.2) is 21.9 Å². The van der Waals surface area contributed by atoms with Gasteiger partial charge in [0.25, 0.3) is 0 Å². The van der Waals surface area contributed by atoms with Gasteiger partial charge in [0.2, 0.25) is 0 Å². The molecule has 0 spiro atoms. The van der Waals surface area contributed by atoms with E-state index in [0.29, 0.717) is 19.5 Å². The van der Waals surface area contributed by atoms with Crippen molar-refractivity contribution < 1.29 is 13.2 Å². The number of aryl methyl sites for hydroxylation is 1. The first-order valence-electron chi connectivity index (χ1n) is 7.17. The first-order valence-corrected chi connectivity index (χ1v) is 7.17. The van der Waals surface area contributed by atoms with Crippen molar-refractivity contribution in [2.45, 2.75) is 50.9 Å². The highest BCUT2D eigenvalue weighted by Gasteiger charge is 2.42. The number of nitrogens with one attached hydrogen (secondary N) is 1. The molecule has 7 heteroatoms. The normalized spacial score (nSPS) is 26.0. The number of aromatic nitrogens is 2. The van der Waals surface area contributed by atoms with Crippen LogP contribution in [0.2, 0.25) is 0 Å². The van der Waals surface area contributed by atoms with Gasteiger partial charge < -0.3 is 0 Å². The summed E-state index contributed by atoms with van der Waals surface area (Å²) in [6, 6.07) is 2.37. The molecule has 1 aromatic rings. The highest BCUT2D eigenvalue weighted by atomic mass is 19.4. The van der Waals surface area contributed by atoms with Crippen molar-refractivity contribution in [3.05, 3.63) is 18.0 Å². The Kier molecular flexibility index (Phi) is 4.57. The molecule has 2 rings (SSSR count). The SMILES string of the molecule is CCNC1(C#N)CCCC1CCn1cc(C(F)(F)F)cn1. The molecule has 2 unspecified atom stereocenters. The molecule has 0 saturated heterocycles. The lowest BCUT2D eigenvalue weighted by molar-refractivity contribution is -0.137. The maximum Gasteiger partial charge on any atom is 0.419 e. The fourth-order valence-electron chi connectivity index (χ4n) is 3.12. The predicted octanol–water partition coefficient (Wildman–Crippen LogP) is 2.96. The summed E-state index contributed by atoms with van der Waals surface area (Å²) in [7, 11) is 0. The van der Waals surface area contributed by atoms with Gasteiger partial charge in [0.1, 0.15) is 5.54 Å². The second-order valence-electron chi connectivity index (χ2n) is 5.48. The minimum absolute atomic E-state index is 0.154. The Morgan fingerprint density at radius 3 is 2.90 bits per heavy atom. The molecule has 1 aliphatic rings.